The minimum absolute atomic E-state index is 0.688. The Kier molecular flexibility index (Phi) is 5.10. The van der Waals surface area contributed by atoms with Gasteiger partial charge in [0.2, 0.25) is 0 Å². The van der Waals surface area contributed by atoms with Crippen molar-refractivity contribution in [3.8, 4) is 0 Å². The van der Waals surface area contributed by atoms with E-state index in [2.05, 4.69) is 40.5 Å². The molecule has 1 aromatic rings. The number of rotatable bonds is 4. The van der Waals surface area contributed by atoms with E-state index in [0.717, 1.165) is 19.0 Å². The normalized spacial score (nSPS) is 25.7. The Morgan fingerprint density at radius 1 is 1.05 bits per heavy atom. The lowest BCUT2D eigenvalue weighted by molar-refractivity contribution is 0.123. The van der Waals surface area contributed by atoms with E-state index in [-0.39, 0.29) is 0 Å². The van der Waals surface area contributed by atoms with Crippen LogP contribution in [0, 0.1) is 5.92 Å². The van der Waals surface area contributed by atoms with Gasteiger partial charge in [-0.3, -0.25) is 4.90 Å². The molecule has 2 nitrogen and oxygen atoms in total. The summed E-state index contributed by atoms with van der Waals surface area (Å²) in [6.45, 7) is 4.88. The molecule has 0 unspecified atom stereocenters. The molecular weight excluding hydrogens is 244 g/mol. The van der Waals surface area contributed by atoms with E-state index in [1.54, 1.807) is 0 Å². The predicted octanol–water partition coefficient (Wildman–Crippen LogP) is 3.08. The second-order valence-corrected chi connectivity index (χ2v) is 6.55. The highest BCUT2D eigenvalue weighted by Crippen LogP contribution is 2.25. The third-order valence-corrected chi connectivity index (χ3v) is 5.00. The third-order valence-electron chi connectivity index (χ3n) is 5.00. The Morgan fingerprint density at radius 3 is 2.65 bits per heavy atom. The SMILES string of the molecule is c1ccc(C[C@H]2CNCCN2CC2CCCCC2)cc1. The first-order chi connectivity index (χ1) is 9.92. The number of nitrogens with zero attached hydrogens (tertiary/aromatic N) is 1. The minimum Gasteiger partial charge on any atom is -0.314 e. The van der Waals surface area contributed by atoms with Gasteiger partial charge in [0.1, 0.15) is 0 Å². The van der Waals surface area contributed by atoms with Crippen LogP contribution in [-0.2, 0) is 6.42 Å². The van der Waals surface area contributed by atoms with E-state index in [1.807, 2.05) is 0 Å². The van der Waals surface area contributed by atoms with Crippen molar-refractivity contribution in [3.63, 3.8) is 0 Å². The van der Waals surface area contributed by atoms with Crippen LogP contribution in [0.15, 0.2) is 30.3 Å². The lowest BCUT2D eigenvalue weighted by Gasteiger charge is -2.39. The number of piperazine rings is 1. The maximum atomic E-state index is 3.58. The first-order valence-electron chi connectivity index (χ1n) is 8.40. The van der Waals surface area contributed by atoms with E-state index in [1.165, 1.54) is 57.2 Å². The van der Waals surface area contributed by atoms with Crippen molar-refractivity contribution in [2.45, 2.75) is 44.6 Å². The van der Waals surface area contributed by atoms with Crippen LogP contribution in [0.4, 0.5) is 0 Å². The molecule has 2 aliphatic rings. The summed E-state index contributed by atoms with van der Waals surface area (Å²) in [5.41, 5.74) is 1.48. The highest BCUT2D eigenvalue weighted by atomic mass is 15.2. The summed E-state index contributed by atoms with van der Waals surface area (Å²) < 4.78 is 0. The molecule has 0 radical (unpaired) electrons. The zero-order chi connectivity index (χ0) is 13.6. The first kappa shape index (κ1) is 14.1. The van der Waals surface area contributed by atoms with E-state index < -0.39 is 0 Å². The van der Waals surface area contributed by atoms with Gasteiger partial charge in [-0.2, -0.15) is 0 Å². The minimum atomic E-state index is 0.688. The maximum absolute atomic E-state index is 3.58. The molecule has 1 aliphatic heterocycles. The molecule has 2 fully saturated rings. The molecule has 1 aliphatic carbocycles. The quantitative estimate of drug-likeness (QED) is 0.906. The van der Waals surface area contributed by atoms with Gasteiger partial charge in [0, 0.05) is 32.2 Å². The van der Waals surface area contributed by atoms with E-state index >= 15 is 0 Å². The Morgan fingerprint density at radius 2 is 1.85 bits per heavy atom. The van der Waals surface area contributed by atoms with E-state index in [9.17, 15) is 0 Å². The number of nitrogens with one attached hydrogen (secondary N) is 1. The fraction of sp³-hybridized carbons (Fsp3) is 0.667. The number of hydrogen-bond acceptors (Lipinski definition) is 2. The van der Waals surface area contributed by atoms with Gasteiger partial charge in [0.15, 0.2) is 0 Å². The molecule has 0 spiro atoms. The van der Waals surface area contributed by atoms with Crippen LogP contribution in [0.1, 0.15) is 37.7 Å². The van der Waals surface area contributed by atoms with Crippen LogP contribution in [0.3, 0.4) is 0 Å². The molecule has 1 saturated carbocycles. The van der Waals surface area contributed by atoms with Crippen molar-refractivity contribution in [1.82, 2.24) is 10.2 Å². The predicted molar refractivity (Wildman–Crippen MR) is 85.0 cm³/mol. The van der Waals surface area contributed by atoms with Gasteiger partial charge in [0.25, 0.3) is 0 Å². The van der Waals surface area contributed by atoms with Crippen LogP contribution >= 0.6 is 0 Å². The smallest absolute Gasteiger partial charge is 0.0261 e. The maximum Gasteiger partial charge on any atom is 0.0261 e. The lowest BCUT2D eigenvalue weighted by atomic mass is 9.88. The van der Waals surface area contributed by atoms with Crippen molar-refractivity contribution in [2.75, 3.05) is 26.2 Å². The highest BCUT2D eigenvalue weighted by molar-refractivity contribution is 5.16. The van der Waals surface area contributed by atoms with Crippen LogP contribution in [-0.4, -0.2) is 37.1 Å². The Bertz CT molecular complexity index is 384. The molecule has 1 atom stereocenters. The molecule has 20 heavy (non-hydrogen) atoms. The van der Waals surface area contributed by atoms with Crippen molar-refractivity contribution in [3.05, 3.63) is 35.9 Å². The van der Waals surface area contributed by atoms with Gasteiger partial charge in [-0.1, -0.05) is 49.6 Å². The summed E-state index contributed by atoms with van der Waals surface area (Å²) in [6.07, 6.45) is 8.50. The van der Waals surface area contributed by atoms with Gasteiger partial charge in [-0.05, 0) is 30.7 Å². The molecule has 1 heterocycles. The van der Waals surface area contributed by atoms with Crippen molar-refractivity contribution >= 4 is 0 Å². The molecule has 0 aromatic heterocycles. The summed E-state index contributed by atoms with van der Waals surface area (Å²) in [5, 5.41) is 3.58. The standard InChI is InChI=1S/C18H28N2/c1-3-7-16(8-4-1)13-18-14-19-11-12-20(18)15-17-9-5-2-6-10-17/h1,3-4,7-8,17-19H,2,5-6,9-15H2/t18-/m0/s1. The van der Waals surface area contributed by atoms with E-state index in [4.69, 9.17) is 0 Å². The molecule has 0 bridgehead atoms. The molecule has 110 valence electrons. The van der Waals surface area contributed by atoms with Crippen LogP contribution in [0.5, 0.6) is 0 Å². The summed E-state index contributed by atoms with van der Waals surface area (Å²) in [5.74, 6) is 0.958. The second kappa shape index (κ2) is 7.24. The first-order valence-corrected chi connectivity index (χ1v) is 8.40. The fourth-order valence-corrected chi connectivity index (χ4v) is 3.83. The Balaban J connectivity index is 1.58. The molecule has 2 heteroatoms. The van der Waals surface area contributed by atoms with Gasteiger partial charge in [0.05, 0.1) is 0 Å². The highest BCUT2D eigenvalue weighted by Gasteiger charge is 2.25. The lowest BCUT2D eigenvalue weighted by Crippen LogP contribution is -2.53. The molecule has 0 amide bonds. The Labute approximate surface area is 123 Å². The monoisotopic (exact) mass is 272 g/mol. The largest absolute Gasteiger partial charge is 0.314 e. The second-order valence-electron chi connectivity index (χ2n) is 6.55. The summed E-state index contributed by atoms with van der Waals surface area (Å²) in [7, 11) is 0. The topological polar surface area (TPSA) is 15.3 Å². The summed E-state index contributed by atoms with van der Waals surface area (Å²) >= 11 is 0. The molecule has 1 N–H and O–H groups in total. The zero-order valence-electron chi connectivity index (χ0n) is 12.6. The van der Waals surface area contributed by atoms with Crippen molar-refractivity contribution < 1.29 is 0 Å². The molecule has 3 rings (SSSR count). The number of benzene rings is 1. The average molecular weight is 272 g/mol. The van der Waals surface area contributed by atoms with Gasteiger partial charge < -0.3 is 5.32 Å². The van der Waals surface area contributed by atoms with Crippen molar-refractivity contribution in [2.24, 2.45) is 5.92 Å². The average Bonchev–Trinajstić information content (AvgIpc) is 2.51. The molecule has 1 aromatic carbocycles. The Hall–Kier alpha value is -0.860. The van der Waals surface area contributed by atoms with Gasteiger partial charge >= 0.3 is 0 Å². The van der Waals surface area contributed by atoms with Crippen LogP contribution in [0.2, 0.25) is 0 Å². The van der Waals surface area contributed by atoms with Gasteiger partial charge in [-0.25, -0.2) is 0 Å². The summed E-state index contributed by atoms with van der Waals surface area (Å²) in [6, 6.07) is 11.7. The van der Waals surface area contributed by atoms with Crippen LogP contribution < -0.4 is 5.32 Å². The number of hydrogen-bond donors (Lipinski definition) is 1. The van der Waals surface area contributed by atoms with Crippen molar-refractivity contribution in [1.29, 1.82) is 0 Å². The molecular formula is C18H28N2. The van der Waals surface area contributed by atoms with Gasteiger partial charge in [-0.15, -0.1) is 0 Å². The van der Waals surface area contributed by atoms with Crippen LogP contribution in [0.25, 0.3) is 0 Å². The zero-order valence-corrected chi connectivity index (χ0v) is 12.6. The fourth-order valence-electron chi connectivity index (χ4n) is 3.83. The third kappa shape index (κ3) is 3.83. The summed E-state index contributed by atoms with van der Waals surface area (Å²) in [4.78, 5) is 2.76. The van der Waals surface area contributed by atoms with E-state index in [0.29, 0.717) is 6.04 Å². The molecule has 1 saturated heterocycles.